The minimum atomic E-state index is -0.424. The quantitative estimate of drug-likeness (QED) is 0.652. The molecule has 1 N–H and O–H groups in total. The number of nitrogens with one attached hydrogen (secondary N) is 1. The largest absolute Gasteiger partial charge is 0.326 e. The fourth-order valence-electron chi connectivity index (χ4n) is 2.92. The molecule has 0 unspecified atom stereocenters. The number of benzene rings is 1. The van der Waals surface area contributed by atoms with Crippen LogP contribution in [0.5, 0.6) is 0 Å². The molecule has 5 heteroatoms. The summed E-state index contributed by atoms with van der Waals surface area (Å²) in [5.74, 6) is 0.607. The lowest BCUT2D eigenvalue weighted by Gasteiger charge is -2.20. The van der Waals surface area contributed by atoms with Gasteiger partial charge in [-0.25, -0.2) is 0 Å². The summed E-state index contributed by atoms with van der Waals surface area (Å²) in [5.41, 5.74) is 1.14. The van der Waals surface area contributed by atoms with Crippen molar-refractivity contribution in [3.63, 3.8) is 0 Å². The molecule has 21 heavy (non-hydrogen) atoms. The van der Waals surface area contributed by atoms with Crippen LogP contribution in [-0.4, -0.2) is 10.8 Å². The lowest BCUT2D eigenvalue weighted by atomic mass is 9.86. The highest BCUT2D eigenvalue weighted by atomic mass is 16.6. The summed E-state index contributed by atoms with van der Waals surface area (Å²) >= 11 is 0. The maximum absolute atomic E-state index is 11.9. The van der Waals surface area contributed by atoms with E-state index in [0.29, 0.717) is 23.6 Å². The van der Waals surface area contributed by atoms with Gasteiger partial charge in [0, 0.05) is 23.7 Å². The summed E-state index contributed by atoms with van der Waals surface area (Å²) in [6.45, 7) is 1.69. The molecule has 0 atom stereocenters. The number of hydrogen-bond donors (Lipinski definition) is 1. The van der Waals surface area contributed by atoms with Gasteiger partial charge in [0.05, 0.1) is 4.92 Å². The van der Waals surface area contributed by atoms with Gasteiger partial charge in [0.2, 0.25) is 5.91 Å². The summed E-state index contributed by atoms with van der Waals surface area (Å²) < 4.78 is 0. The van der Waals surface area contributed by atoms with Crippen LogP contribution in [0.2, 0.25) is 0 Å². The van der Waals surface area contributed by atoms with Crippen LogP contribution in [0.25, 0.3) is 0 Å². The molecular weight excluding hydrogens is 268 g/mol. The Morgan fingerprint density at radius 1 is 1.33 bits per heavy atom. The summed E-state index contributed by atoms with van der Waals surface area (Å²) in [6, 6.07) is 4.80. The second kappa shape index (κ2) is 7.20. The van der Waals surface area contributed by atoms with Crippen molar-refractivity contribution in [1.82, 2.24) is 0 Å². The molecule has 0 bridgehead atoms. The zero-order chi connectivity index (χ0) is 15.2. The highest BCUT2D eigenvalue weighted by Gasteiger charge is 2.16. The van der Waals surface area contributed by atoms with Crippen LogP contribution in [-0.2, 0) is 4.79 Å². The Hall–Kier alpha value is -1.91. The fourth-order valence-corrected chi connectivity index (χ4v) is 2.92. The predicted molar refractivity (Wildman–Crippen MR) is 82.3 cm³/mol. The normalized spacial score (nSPS) is 15.7. The van der Waals surface area contributed by atoms with Crippen LogP contribution in [0.1, 0.15) is 50.5 Å². The van der Waals surface area contributed by atoms with Crippen molar-refractivity contribution in [3.8, 4) is 0 Å². The van der Waals surface area contributed by atoms with E-state index in [0.717, 1.165) is 6.42 Å². The molecular formula is C16H22N2O3. The van der Waals surface area contributed by atoms with Gasteiger partial charge in [0.25, 0.3) is 5.69 Å². The first kappa shape index (κ1) is 15.5. The van der Waals surface area contributed by atoms with Gasteiger partial charge in [-0.3, -0.25) is 14.9 Å². The molecule has 1 amide bonds. The summed E-state index contributed by atoms with van der Waals surface area (Å²) in [4.78, 5) is 22.4. The van der Waals surface area contributed by atoms with E-state index in [1.54, 1.807) is 19.1 Å². The van der Waals surface area contributed by atoms with E-state index in [2.05, 4.69) is 5.32 Å². The molecule has 0 aliphatic heterocycles. The number of aryl methyl sites for hydroxylation is 1. The number of nitro groups is 1. The highest BCUT2D eigenvalue weighted by molar-refractivity contribution is 5.91. The van der Waals surface area contributed by atoms with Crippen molar-refractivity contribution in [3.05, 3.63) is 33.9 Å². The van der Waals surface area contributed by atoms with Crippen LogP contribution >= 0.6 is 0 Å². The van der Waals surface area contributed by atoms with Gasteiger partial charge < -0.3 is 5.32 Å². The first-order valence-corrected chi connectivity index (χ1v) is 7.61. The van der Waals surface area contributed by atoms with E-state index in [1.165, 1.54) is 38.2 Å². The lowest BCUT2D eigenvalue weighted by Crippen LogP contribution is -2.15. The van der Waals surface area contributed by atoms with E-state index in [1.807, 2.05) is 0 Å². The van der Waals surface area contributed by atoms with Gasteiger partial charge in [0.1, 0.15) is 0 Å². The minimum absolute atomic E-state index is 0.0417. The van der Waals surface area contributed by atoms with Gasteiger partial charge >= 0.3 is 0 Å². The SMILES string of the molecule is Cc1ccc(NC(=O)CCC2CCCCC2)cc1[N+](=O)[O-]. The van der Waals surface area contributed by atoms with Crippen molar-refractivity contribution < 1.29 is 9.72 Å². The van der Waals surface area contributed by atoms with Gasteiger partial charge in [-0.15, -0.1) is 0 Å². The van der Waals surface area contributed by atoms with E-state index in [4.69, 9.17) is 0 Å². The number of nitro benzene ring substituents is 1. The number of carbonyl (C=O) groups is 1. The minimum Gasteiger partial charge on any atom is -0.326 e. The summed E-state index contributed by atoms with van der Waals surface area (Å²) in [7, 11) is 0. The molecule has 0 spiro atoms. The molecule has 1 aliphatic rings. The van der Waals surface area contributed by atoms with Crippen molar-refractivity contribution in [2.75, 3.05) is 5.32 Å². The maximum atomic E-state index is 11.9. The fraction of sp³-hybridized carbons (Fsp3) is 0.562. The van der Waals surface area contributed by atoms with Crippen LogP contribution < -0.4 is 5.32 Å². The number of amides is 1. The lowest BCUT2D eigenvalue weighted by molar-refractivity contribution is -0.385. The second-order valence-corrected chi connectivity index (χ2v) is 5.85. The van der Waals surface area contributed by atoms with Crippen LogP contribution in [0.3, 0.4) is 0 Å². The van der Waals surface area contributed by atoms with Crippen molar-refractivity contribution in [2.45, 2.75) is 51.9 Å². The van der Waals surface area contributed by atoms with Gasteiger partial charge in [0.15, 0.2) is 0 Å². The molecule has 114 valence electrons. The number of rotatable bonds is 5. The third-order valence-electron chi connectivity index (χ3n) is 4.19. The van der Waals surface area contributed by atoms with Crippen molar-refractivity contribution in [1.29, 1.82) is 0 Å². The van der Waals surface area contributed by atoms with E-state index < -0.39 is 4.92 Å². The van der Waals surface area contributed by atoms with Crippen molar-refractivity contribution >= 4 is 17.3 Å². The topological polar surface area (TPSA) is 72.2 Å². The third-order valence-corrected chi connectivity index (χ3v) is 4.19. The Morgan fingerprint density at radius 3 is 2.71 bits per heavy atom. The zero-order valence-corrected chi connectivity index (χ0v) is 12.4. The van der Waals surface area contributed by atoms with Gasteiger partial charge in [-0.2, -0.15) is 0 Å². The maximum Gasteiger partial charge on any atom is 0.274 e. The number of nitrogens with zero attached hydrogens (tertiary/aromatic N) is 1. The Kier molecular flexibility index (Phi) is 5.31. The van der Waals surface area contributed by atoms with Crippen LogP contribution in [0.15, 0.2) is 18.2 Å². The molecule has 1 saturated carbocycles. The third kappa shape index (κ3) is 4.55. The summed E-state index contributed by atoms with van der Waals surface area (Å²) in [6.07, 6.45) is 7.72. The average Bonchev–Trinajstić information content (AvgIpc) is 2.48. The van der Waals surface area contributed by atoms with E-state index >= 15 is 0 Å². The Morgan fingerprint density at radius 2 is 2.05 bits per heavy atom. The number of hydrogen-bond acceptors (Lipinski definition) is 3. The molecule has 1 aromatic carbocycles. The first-order valence-electron chi connectivity index (χ1n) is 7.61. The number of carbonyl (C=O) groups excluding carboxylic acids is 1. The molecule has 1 aliphatic carbocycles. The zero-order valence-electron chi connectivity index (χ0n) is 12.4. The number of anilines is 1. The average molecular weight is 290 g/mol. The molecule has 0 heterocycles. The highest BCUT2D eigenvalue weighted by Crippen LogP contribution is 2.27. The Labute approximate surface area is 124 Å². The second-order valence-electron chi connectivity index (χ2n) is 5.85. The van der Waals surface area contributed by atoms with Gasteiger partial charge in [-0.1, -0.05) is 38.2 Å². The molecule has 0 saturated heterocycles. The predicted octanol–water partition coefficient (Wildman–Crippen LogP) is 4.20. The van der Waals surface area contributed by atoms with Crippen LogP contribution in [0, 0.1) is 23.0 Å². The Bertz CT molecular complexity index is 522. The smallest absolute Gasteiger partial charge is 0.274 e. The molecule has 0 radical (unpaired) electrons. The van der Waals surface area contributed by atoms with Crippen LogP contribution in [0.4, 0.5) is 11.4 Å². The molecule has 5 nitrogen and oxygen atoms in total. The van der Waals surface area contributed by atoms with E-state index in [-0.39, 0.29) is 11.6 Å². The first-order chi connectivity index (χ1) is 10.1. The molecule has 2 rings (SSSR count). The molecule has 0 aromatic heterocycles. The van der Waals surface area contributed by atoms with Gasteiger partial charge in [-0.05, 0) is 25.3 Å². The van der Waals surface area contributed by atoms with Crippen molar-refractivity contribution in [2.24, 2.45) is 5.92 Å². The standard InChI is InChI=1S/C16H22N2O3/c1-12-7-9-14(11-15(12)18(20)21)17-16(19)10-8-13-5-3-2-4-6-13/h7,9,11,13H,2-6,8,10H2,1H3,(H,17,19). The Balaban J connectivity index is 1.87. The summed E-state index contributed by atoms with van der Waals surface area (Å²) in [5, 5.41) is 13.6. The monoisotopic (exact) mass is 290 g/mol. The van der Waals surface area contributed by atoms with E-state index in [9.17, 15) is 14.9 Å². The molecule has 1 fully saturated rings. The molecule has 1 aromatic rings.